The first kappa shape index (κ1) is 12.8. The highest BCUT2D eigenvalue weighted by Gasteiger charge is 2.30. The Morgan fingerprint density at radius 1 is 1.44 bits per heavy atom. The first-order valence-corrected chi connectivity index (χ1v) is 6.43. The minimum atomic E-state index is -0.00981. The summed E-state index contributed by atoms with van der Waals surface area (Å²) in [6.07, 6.45) is 2.92. The average molecular weight is 247 g/mol. The number of nitrogens with one attached hydrogen (secondary N) is 1. The monoisotopic (exact) mass is 247 g/mol. The van der Waals surface area contributed by atoms with Crippen LogP contribution in [0.5, 0.6) is 0 Å². The maximum atomic E-state index is 7.44. The van der Waals surface area contributed by atoms with Crippen LogP contribution in [0.1, 0.15) is 32.9 Å². The molecule has 18 heavy (non-hydrogen) atoms. The van der Waals surface area contributed by atoms with Crippen molar-refractivity contribution in [3.05, 3.63) is 18.0 Å². The summed E-state index contributed by atoms with van der Waals surface area (Å²) in [6.45, 7) is 7.69. The zero-order valence-electron chi connectivity index (χ0n) is 11.2. The molecule has 0 radical (unpaired) electrons. The molecule has 1 aliphatic rings. The van der Waals surface area contributed by atoms with Gasteiger partial charge in [-0.15, -0.1) is 0 Å². The van der Waals surface area contributed by atoms with E-state index in [9.17, 15) is 0 Å². The Morgan fingerprint density at radius 2 is 2.17 bits per heavy atom. The lowest BCUT2D eigenvalue weighted by Gasteiger charge is -2.41. The Bertz CT molecular complexity index is 445. The fourth-order valence-corrected chi connectivity index (χ4v) is 2.62. The molecule has 5 nitrogen and oxygen atoms in total. The van der Waals surface area contributed by atoms with Crippen LogP contribution in [-0.2, 0) is 0 Å². The molecule has 1 aromatic rings. The molecule has 0 spiro atoms. The molecule has 98 valence electrons. The van der Waals surface area contributed by atoms with Crippen LogP contribution in [0.15, 0.2) is 12.3 Å². The zero-order chi connectivity index (χ0) is 13.3. The number of nitrogen functional groups attached to an aromatic ring is 1. The lowest BCUT2D eigenvalue weighted by Crippen LogP contribution is -2.46. The second kappa shape index (κ2) is 4.92. The van der Waals surface area contributed by atoms with Crippen LogP contribution in [0.4, 0.5) is 5.95 Å². The molecule has 0 amide bonds. The van der Waals surface area contributed by atoms with Crippen LogP contribution in [-0.4, -0.2) is 28.4 Å². The van der Waals surface area contributed by atoms with Gasteiger partial charge in [0.15, 0.2) is 0 Å². The van der Waals surface area contributed by atoms with Gasteiger partial charge in [0.2, 0.25) is 5.95 Å². The fourth-order valence-electron chi connectivity index (χ4n) is 2.62. The third-order valence-corrected chi connectivity index (χ3v) is 3.77. The molecule has 0 aromatic carbocycles. The minimum Gasteiger partial charge on any atom is -0.382 e. The third-order valence-electron chi connectivity index (χ3n) is 3.77. The van der Waals surface area contributed by atoms with E-state index in [1.54, 1.807) is 12.3 Å². The van der Waals surface area contributed by atoms with Gasteiger partial charge in [-0.3, -0.25) is 5.41 Å². The summed E-state index contributed by atoms with van der Waals surface area (Å²) >= 11 is 0. The van der Waals surface area contributed by atoms with Gasteiger partial charge >= 0.3 is 0 Å². The van der Waals surface area contributed by atoms with Crippen molar-refractivity contribution >= 4 is 11.8 Å². The normalized spacial score (nSPS) is 28.2. The van der Waals surface area contributed by atoms with Crippen molar-refractivity contribution in [2.75, 3.05) is 11.4 Å². The Labute approximate surface area is 108 Å². The molecule has 2 rings (SSSR count). The summed E-state index contributed by atoms with van der Waals surface area (Å²) in [5.41, 5.74) is 5.97. The van der Waals surface area contributed by atoms with Gasteiger partial charge < -0.3 is 10.6 Å². The van der Waals surface area contributed by atoms with Gasteiger partial charge in [0.05, 0.1) is 0 Å². The van der Waals surface area contributed by atoms with E-state index in [2.05, 4.69) is 35.6 Å². The molecule has 2 heterocycles. The largest absolute Gasteiger partial charge is 0.382 e. The summed E-state index contributed by atoms with van der Waals surface area (Å²) in [7, 11) is 0. The van der Waals surface area contributed by atoms with E-state index in [0.717, 1.165) is 6.54 Å². The van der Waals surface area contributed by atoms with Crippen LogP contribution >= 0.6 is 0 Å². The third kappa shape index (κ3) is 2.44. The van der Waals surface area contributed by atoms with Crippen LogP contribution < -0.4 is 10.6 Å². The maximum Gasteiger partial charge on any atom is 0.226 e. The predicted molar refractivity (Wildman–Crippen MR) is 72.8 cm³/mol. The number of aromatic nitrogens is 2. The highest BCUT2D eigenvalue weighted by Crippen LogP contribution is 2.29. The van der Waals surface area contributed by atoms with Crippen LogP contribution in [0.2, 0.25) is 0 Å². The molecule has 1 aromatic heterocycles. The van der Waals surface area contributed by atoms with Gasteiger partial charge in [0.25, 0.3) is 0 Å². The number of hydrogen-bond donors (Lipinski definition) is 2. The number of nitrogens with zero attached hydrogens (tertiary/aromatic N) is 3. The van der Waals surface area contributed by atoms with E-state index >= 15 is 0 Å². The summed E-state index contributed by atoms with van der Waals surface area (Å²) in [5.74, 6) is 1.94. The zero-order valence-corrected chi connectivity index (χ0v) is 11.2. The molecule has 0 saturated carbocycles. The van der Waals surface area contributed by atoms with Crippen molar-refractivity contribution < 1.29 is 0 Å². The van der Waals surface area contributed by atoms with Gasteiger partial charge in [-0.2, -0.15) is 0 Å². The second-order valence-corrected chi connectivity index (χ2v) is 5.37. The highest BCUT2D eigenvalue weighted by atomic mass is 15.3. The van der Waals surface area contributed by atoms with Gasteiger partial charge in [-0.25, -0.2) is 9.97 Å². The molecule has 3 N–H and O–H groups in total. The average Bonchev–Trinajstić information content (AvgIpc) is 2.34. The number of rotatable bonds is 2. The molecule has 3 unspecified atom stereocenters. The quantitative estimate of drug-likeness (QED) is 0.615. The van der Waals surface area contributed by atoms with E-state index in [0.29, 0.717) is 29.5 Å². The number of nitrogens with two attached hydrogens (primary N) is 1. The predicted octanol–water partition coefficient (Wildman–Crippen LogP) is 1.63. The Morgan fingerprint density at radius 3 is 2.83 bits per heavy atom. The molecule has 1 saturated heterocycles. The van der Waals surface area contributed by atoms with Crippen molar-refractivity contribution in [3.8, 4) is 0 Å². The molecule has 3 atom stereocenters. The molecule has 1 fully saturated rings. The molecule has 1 aliphatic heterocycles. The maximum absolute atomic E-state index is 7.44. The van der Waals surface area contributed by atoms with Crippen molar-refractivity contribution in [1.29, 1.82) is 5.41 Å². The van der Waals surface area contributed by atoms with E-state index in [4.69, 9.17) is 11.1 Å². The molecule has 5 heteroatoms. The first-order chi connectivity index (χ1) is 8.49. The van der Waals surface area contributed by atoms with Crippen molar-refractivity contribution in [2.45, 2.75) is 33.2 Å². The first-order valence-electron chi connectivity index (χ1n) is 6.43. The summed E-state index contributed by atoms with van der Waals surface area (Å²) in [4.78, 5) is 10.9. The number of anilines is 1. The molecule has 0 aliphatic carbocycles. The van der Waals surface area contributed by atoms with E-state index < -0.39 is 0 Å². The highest BCUT2D eigenvalue weighted by molar-refractivity contribution is 5.93. The number of hydrogen-bond acceptors (Lipinski definition) is 4. The second-order valence-electron chi connectivity index (χ2n) is 5.37. The lowest BCUT2D eigenvalue weighted by molar-refractivity contribution is 0.294. The number of amidine groups is 1. The van der Waals surface area contributed by atoms with Gasteiger partial charge in [0, 0.05) is 18.8 Å². The minimum absolute atomic E-state index is 0.00981. The standard InChI is InChI=1S/C13H21N5/c1-8-6-9(2)10(3)18(7-8)13-16-5-4-11(17-13)12(14)15/h4-5,8-10H,6-7H2,1-3H3,(H3,14,15). The van der Waals surface area contributed by atoms with E-state index in [1.807, 2.05) is 0 Å². The van der Waals surface area contributed by atoms with Crippen LogP contribution in [0.25, 0.3) is 0 Å². The van der Waals surface area contributed by atoms with Crippen molar-refractivity contribution in [1.82, 2.24) is 9.97 Å². The van der Waals surface area contributed by atoms with Crippen LogP contribution in [0.3, 0.4) is 0 Å². The number of piperidine rings is 1. The summed E-state index contributed by atoms with van der Waals surface area (Å²) in [5, 5.41) is 7.44. The molecular formula is C13H21N5. The van der Waals surface area contributed by atoms with Crippen molar-refractivity contribution in [3.63, 3.8) is 0 Å². The molecular weight excluding hydrogens is 226 g/mol. The van der Waals surface area contributed by atoms with Crippen molar-refractivity contribution in [2.24, 2.45) is 17.6 Å². The topological polar surface area (TPSA) is 78.9 Å². The Kier molecular flexibility index (Phi) is 3.50. The van der Waals surface area contributed by atoms with Gasteiger partial charge in [-0.05, 0) is 31.2 Å². The Hall–Kier alpha value is -1.65. The summed E-state index contributed by atoms with van der Waals surface area (Å²) in [6, 6.07) is 2.09. The fraction of sp³-hybridized carbons (Fsp3) is 0.615. The SMILES string of the molecule is CC1CC(C)C(C)N(c2nccc(C(=N)N)n2)C1. The van der Waals surface area contributed by atoms with E-state index in [-0.39, 0.29) is 5.84 Å². The van der Waals surface area contributed by atoms with Gasteiger partial charge in [-0.1, -0.05) is 13.8 Å². The van der Waals surface area contributed by atoms with Crippen LogP contribution in [0, 0.1) is 17.2 Å². The van der Waals surface area contributed by atoms with Gasteiger partial charge in [0.1, 0.15) is 11.5 Å². The summed E-state index contributed by atoms with van der Waals surface area (Å²) < 4.78 is 0. The lowest BCUT2D eigenvalue weighted by atomic mass is 9.86. The Balaban J connectivity index is 2.29. The molecule has 0 bridgehead atoms. The van der Waals surface area contributed by atoms with E-state index in [1.165, 1.54) is 6.42 Å². The smallest absolute Gasteiger partial charge is 0.226 e.